The van der Waals surface area contributed by atoms with Crippen molar-refractivity contribution < 1.29 is 14.7 Å². The molecule has 0 aliphatic rings. The van der Waals surface area contributed by atoms with E-state index in [9.17, 15) is 14.4 Å². The zero-order chi connectivity index (χ0) is 15.0. The number of carbonyl (C=O) groups excluding carboxylic acids is 1. The number of nitrogens with zero attached hydrogens (tertiary/aromatic N) is 2. The van der Waals surface area contributed by atoms with Crippen LogP contribution >= 0.6 is 22.7 Å². The van der Waals surface area contributed by atoms with Crippen molar-refractivity contribution in [3.8, 4) is 0 Å². The Hall–Kier alpha value is -2.52. The number of hydrogen-bond acceptors (Lipinski definition) is 6. The molecule has 0 saturated carbocycles. The van der Waals surface area contributed by atoms with Crippen molar-refractivity contribution in [2.24, 2.45) is 0 Å². The van der Waals surface area contributed by atoms with Crippen LogP contribution in [-0.2, 0) is 0 Å². The molecule has 0 aliphatic carbocycles. The molecule has 0 aromatic carbocycles. The SMILES string of the molecule is O=C(O)c1sccc1NC(=O)c1cnc2sccn2c1=O. The van der Waals surface area contributed by atoms with Gasteiger partial charge in [0.05, 0.1) is 5.69 Å². The van der Waals surface area contributed by atoms with Gasteiger partial charge in [0.1, 0.15) is 10.4 Å². The summed E-state index contributed by atoms with van der Waals surface area (Å²) in [4.78, 5) is 39.8. The van der Waals surface area contributed by atoms with E-state index in [0.29, 0.717) is 4.96 Å². The maximum Gasteiger partial charge on any atom is 0.348 e. The second-order valence-electron chi connectivity index (χ2n) is 3.96. The van der Waals surface area contributed by atoms with Crippen LogP contribution in [0.2, 0.25) is 0 Å². The molecular formula is C12H7N3O4S2. The molecule has 3 rings (SSSR count). The summed E-state index contributed by atoms with van der Waals surface area (Å²) in [5.74, 6) is -1.82. The predicted molar refractivity (Wildman–Crippen MR) is 78.6 cm³/mol. The van der Waals surface area contributed by atoms with Crippen molar-refractivity contribution in [2.45, 2.75) is 0 Å². The van der Waals surface area contributed by atoms with Crippen molar-refractivity contribution in [3.63, 3.8) is 0 Å². The number of aromatic nitrogens is 2. The average molecular weight is 321 g/mol. The van der Waals surface area contributed by atoms with Crippen LogP contribution in [0.4, 0.5) is 5.69 Å². The molecule has 0 saturated heterocycles. The standard InChI is InChI=1S/C12H7N3O4S2/c16-9(14-7-1-3-20-8(7)11(18)19)6-5-13-12-15(10(6)17)2-4-21-12/h1-5H,(H,14,16)(H,18,19). The second kappa shape index (κ2) is 5.11. The lowest BCUT2D eigenvalue weighted by molar-refractivity contribution is 0.0703. The van der Waals surface area contributed by atoms with Gasteiger partial charge in [-0.25, -0.2) is 9.78 Å². The van der Waals surface area contributed by atoms with E-state index in [1.54, 1.807) is 10.8 Å². The van der Waals surface area contributed by atoms with Crippen LogP contribution in [0, 0.1) is 0 Å². The van der Waals surface area contributed by atoms with E-state index in [1.165, 1.54) is 34.2 Å². The summed E-state index contributed by atoms with van der Waals surface area (Å²) in [6, 6.07) is 1.47. The number of rotatable bonds is 3. The molecule has 0 unspecified atom stereocenters. The van der Waals surface area contributed by atoms with E-state index in [1.807, 2.05) is 0 Å². The number of amides is 1. The van der Waals surface area contributed by atoms with E-state index in [4.69, 9.17) is 5.11 Å². The van der Waals surface area contributed by atoms with E-state index in [-0.39, 0.29) is 16.1 Å². The fraction of sp³-hybridized carbons (Fsp3) is 0. The highest BCUT2D eigenvalue weighted by atomic mass is 32.1. The van der Waals surface area contributed by atoms with Gasteiger partial charge in [-0.15, -0.1) is 22.7 Å². The second-order valence-corrected chi connectivity index (χ2v) is 5.74. The lowest BCUT2D eigenvalue weighted by Gasteiger charge is -2.04. The number of carboxylic acids is 1. The molecule has 0 radical (unpaired) electrons. The zero-order valence-electron chi connectivity index (χ0n) is 10.3. The molecule has 21 heavy (non-hydrogen) atoms. The summed E-state index contributed by atoms with van der Waals surface area (Å²) < 4.78 is 1.27. The first-order valence-electron chi connectivity index (χ1n) is 5.65. The Balaban J connectivity index is 1.97. The minimum absolute atomic E-state index is 0.00743. The van der Waals surface area contributed by atoms with Crippen LogP contribution in [0.1, 0.15) is 20.0 Å². The van der Waals surface area contributed by atoms with Crippen LogP contribution in [0.25, 0.3) is 4.96 Å². The number of anilines is 1. The van der Waals surface area contributed by atoms with Crippen molar-refractivity contribution in [2.75, 3.05) is 5.32 Å². The molecule has 0 bridgehead atoms. The Labute approximate surface area is 125 Å². The topological polar surface area (TPSA) is 101 Å². The van der Waals surface area contributed by atoms with Crippen molar-refractivity contribution in [1.29, 1.82) is 0 Å². The summed E-state index contributed by atoms with van der Waals surface area (Å²) in [5.41, 5.74) is -0.480. The number of thiophene rings is 1. The lowest BCUT2D eigenvalue weighted by Crippen LogP contribution is -2.26. The fourth-order valence-electron chi connectivity index (χ4n) is 1.74. The molecule has 0 fully saturated rings. The molecule has 3 heterocycles. The fourth-order valence-corrected chi connectivity index (χ4v) is 3.11. The van der Waals surface area contributed by atoms with Crippen LogP contribution < -0.4 is 10.9 Å². The molecule has 7 nitrogen and oxygen atoms in total. The highest BCUT2D eigenvalue weighted by Gasteiger charge is 2.18. The number of thiazole rings is 1. The number of hydrogen-bond donors (Lipinski definition) is 2. The molecule has 106 valence electrons. The first-order valence-corrected chi connectivity index (χ1v) is 7.41. The third kappa shape index (κ3) is 2.32. The number of aromatic carboxylic acids is 1. The highest BCUT2D eigenvalue weighted by molar-refractivity contribution is 7.15. The molecule has 0 aliphatic heterocycles. The maximum atomic E-state index is 12.1. The molecular weight excluding hydrogens is 314 g/mol. The quantitative estimate of drug-likeness (QED) is 0.765. The molecule has 9 heteroatoms. The number of carbonyl (C=O) groups is 2. The van der Waals surface area contributed by atoms with Gasteiger partial charge in [0.25, 0.3) is 11.5 Å². The van der Waals surface area contributed by atoms with Gasteiger partial charge in [0.2, 0.25) is 0 Å². The summed E-state index contributed by atoms with van der Waals surface area (Å²) in [6.45, 7) is 0. The van der Waals surface area contributed by atoms with Crippen molar-refractivity contribution in [3.05, 3.63) is 50.0 Å². The lowest BCUT2D eigenvalue weighted by atomic mass is 10.3. The molecule has 3 aromatic heterocycles. The van der Waals surface area contributed by atoms with E-state index in [0.717, 1.165) is 11.3 Å². The minimum atomic E-state index is -1.14. The summed E-state index contributed by atoms with van der Waals surface area (Å²) in [5, 5.41) is 14.7. The van der Waals surface area contributed by atoms with Crippen molar-refractivity contribution in [1.82, 2.24) is 9.38 Å². The first kappa shape index (κ1) is 13.5. The van der Waals surface area contributed by atoms with Gasteiger partial charge < -0.3 is 10.4 Å². The maximum absolute atomic E-state index is 12.1. The van der Waals surface area contributed by atoms with Crippen molar-refractivity contribution >= 4 is 45.2 Å². The average Bonchev–Trinajstić information content (AvgIpc) is 3.07. The van der Waals surface area contributed by atoms with Gasteiger partial charge >= 0.3 is 5.97 Å². The van der Waals surface area contributed by atoms with Crippen LogP contribution in [0.3, 0.4) is 0 Å². The minimum Gasteiger partial charge on any atom is -0.477 e. The first-order chi connectivity index (χ1) is 10.1. The third-order valence-corrected chi connectivity index (χ3v) is 4.37. The van der Waals surface area contributed by atoms with Crippen LogP contribution in [-0.4, -0.2) is 26.4 Å². The Kier molecular flexibility index (Phi) is 3.28. The Bertz CT molecular complexity index is 909. The molecule has 0 spiro atoms. The van der Waals surface area contributed by atoms with E-state index in [2.05, 4.69) is 10.3 Å². The van der Waals surface area contributed by atoms with Crippen LogP contribution in [0.5, 0.6) is 0 Å². The summed E-state index contributed by atoms with van der Waals surface area (Å²) in [7, 11) is 0. The highest BCUT2D eigenvalue weighted by Crippen LogP contribution is 2.22. The number of carboxylic acid groups (broad SMARTS) is 1. The summed E-state index contributed by atoms with van der Waals surface area (Å²) in [6.07, 6.45) is 2.72. The van der Waals surface area contributed by atoms with Gasteiger partial charge in [0.15, 0.2) is 4.96 Å². The van der Waals surface area contributed by atoms with Gasteiger partial charge in [-0.1, -0.05) is 0 Å². The molecule has 2 N–H and O–H groups in total. The Morgan fingerprint density at radius 3 is 2.86 bits per heavy atom. The predicted octanol–water partition coefficient (Wildman–Crippen LogP) is 1.77. The van der Waals surface area contributed by atoms with Gasteiger partial charge in [-0.05, 0) is 11.4 Å². The number of fused-ring (bicyclic) bond motifs is 1. The normalized spacial score (nSPS) is 10.7. The van der Waals surface area contributed by atoms with Gasteiger partial charge in [0, 0.05) is 17.8 Å². The Morgan fingerprint density at radius 1 is 1.29 bits per heavy atom. The monoisotopic (exact) mass is 321 g/mol. The van der Waals surface area contributed by atoms with Crippen LogP contribution in [0.15, 0.2) is 34.0 Å². The van der Waals surface area contributed by atoms with E-state index < -0.39 is 17.4 Å². The Morgan fingerprint density at radius 2 is 2.10 bits per heavy atom. The molecule has 3 aromatic rings. The van der Waals surface area contributed by atoms with Gasteiger partial charge in [-0.3, -0.25) is 14.0 Å². The zero-order valence-corrected chi connectivity index (χ0v) is 11.9. The molecule has 0 atom stereocenters. The van der Waals surface area contributed by atoms with E-state index >= 15 is 0 Å². The largest absolute Gasteiger partial charge is 0.477 e. The third-order valence-electron chi connectivity index (χ3n) is 2.70. The van der Waals surface area contributed by atoms with Gasteiger partial charge in [-0.2, -0.15) is 0 Å². The molecule has 1 amide bonds. The summed E-state index contributed by atoms with van der Waals surface area (Å²) >= 11 is 2.27. The smallest absolute Gasteiger partial charge is 0.348 e. The number of nitrogens with one attached hydrogen (secondary N) is 1.